The van der Waals surface area contributed by atoms with Gasteiger partial charge in [0.05, 0.1) is 20.3 Å². The van der Waals surface area contributed by atoms with Crippen LogP contribution in [0.4, 0.5) is 0 Å². The lowest BCUT2D eigenvalue weighted by Crippen LogP contribution is -2.41. The van der Waals surface area contributed by atoms with Crippen LogP contribution in [0.15, 0.2) is 29.3 Å². The highest BCUT2D eigenvalue weighted by Crippen LogP contribution is 2.10. The molecule has 0 spiro atoms. The quantitative estimate of drug-likeness (QED) is 0.176. The zero-order valence-corrected chi connectivity index (χ0v) is 19.7. The van der Waals surface area contributed by atoms with Gasteiger partial charge in [-0.15, -0.1) is 24.0 Å². The van der Waals surface area contributed by atoms with Gasteiger partial charge in [0, 0.05) is 31.8 Å². The van der Waals surface area contributed by atoms with E-state index in [0.29, 0.717) is 37.7 Å². The average molecular weight is 506 g/mol. The fourth-order valence-electron chi connectivity index (χ4n) is 2.19. The summed E-state index contributed by atoms with van der Waals surface area (Å²) in [7, 11) is 1.60. The van der Waals surface area contributed by atoms with Gasteiger partial charge in [-0.05, 0) is 43.5 Å². The van der Waals surface area contributed by atoms with Crippen LogP contribution in [0.1, 0.15) is 37.6 Å². The second-order valence-corrected chi connectivity index (χ2v) is 6.47. The molecule has 7 nitrogen and oxygen atoms in total. The molecule has 0 atom stereocenters. The van der Waals surface area contributed by atoms with E-state index in [0.717, 1.165) is 31.3 Å². The van der Waals surface area contributed by atoms with Crippen LogP contribution in [0.2, 0.25) is 0 Å². The highest BCUT2D eigenvalue weighted by molar-refractivity contribution is 14.0. The van der Waals surface area contributed by atoms with Crippen LogP contribution in [0.25, 0.3) is 0 Å². The molecule has 1 rings (SSSR count). The van der Waals surface area contributed by atoms with Crippen LogP contribution in [-0.4, -0.2) is 58.4 Å². The van der Waals surface area contributed by atoms with Crippen LogP contribution in [0.5, 0.6) is 5.75 Å². The number of halogens is 1. The first-order valence-electron chi connectivity index (χ1n) is 9.59. The lowest BCUT2D eigenvalue weighted by Gasteiger charge is -2.12. The van der Waals surface area contributed by atoms with E-state index in [9.17, 15) is 4.79 Å². The molecule has 1 aromatic rings. The molecule has 0 fully saturated rings. The number of carbonyl (C=O) groups excluding carboxylic acids is 1. The molecule has 1 aromatic carbocycles. The Labute approximate surface area is 186 Å². The van der Waals surface area contributed by atoms with Crippen LogP contribution >= 0.6 is 24.0 Å². The van der Waals surface area contributed by atoms with E-state index in [1.165, 1.54) is 0 Å². The van der Waals surface area contributed by atoms with Crippen molar-refractivity contribution in [2.24, 2.45) is 10.9 Å². The van der Waals surface area contributed by atoms with Gasteiger partial charge in [0.25, 0.3) is 5.91 Å². The van der Waals surface area contributed by atoms with Crippen molar-refractivity contribution in [2.45, 2.75) is 27.2 Å². The molecule has 0 aliphatic heterocycles. The lowest BCUT2D eigenvalue weighted by molar-refractivity contribution is 0.0954. The van der Waals surface area contributed by atoms with Crippen molar-refractivity contribution in [1.82, 2.24) is 16.0 Å². The minimum Gasteiger partial charge on any atom is -0.497 e. The summed E-state index contributed by atoms with van der Waals surface area (Å²) in [4.78, 5) is 16.6. The third-order valence-electron chi connectivity index (χ3n) is 3.74. The maximum absolute atomic E-state index is 12.1. The lowest BCUT2D eigenvalue weighted by atomic mass is 10.1. The number of ether oxygens (including phenoxy) is 2. The zero-order chi connectivity index (χ0) is 19.9. The molecule has 0 unspecified atom stereocenters. The number of aliphatic imine (C=N–C) groups is 1. The molecular weight excluding hydrogens is 471 g/mol. The average Bonchev–Trinajstić information content (AvgIpc) is 2.67. The van der Waals surface area contributed by atoms with Gasteiger partial charge >= 0.3 is 0 Å². The Morgan fingerprint density at radius 1 is 1.07 bits per heavy atom. The SMILES string of the molecule is CCNC(=NCCOCCC(C)C)NCCNC(=O)c1ccc(OC)cc1.I. The first kappa shape index (κ1) is 26.4. The largest absolute Gasteiger partial charge is 0.497 e. The maximum Gasteiger partial charge on any atom is 0.251 e. The van der Waals surface area contributed by atoms with Crippen molar-refractivity contribution in [1.29, 1.82) is 0 Å². The summed E-state index contributed by atoms with van der Waals surface area (Å²) in [5, 5.41) is 9.26. The Hall–Kier alpha value is -1.55. The number of nitrogens with one attached hydrogen (secondary N) is 3. The summed E-state index contributed by atoms with van der Waals surface area (Å²) in [5.74, 6) is 2.00. The normalized spacial score (nSPS) is 11.0. The zero-order valence-electron chi connectivity index (χ0n) is 17.4. The summed E-state index contributed by atoms with van der Waals surface area (Å²) in [6.07, 6.45) is 1.07. The molecular formula is C20H35IN4O3. The van der Waals surface area contributed by atoms with Crippen molar-refractivity contribution in [3.63, 3.8) is 0 Å². The minimum atomic E-state index is -0.111. The topological polar surface area (TPSA) is 84.0 Å². The van der Waals surface area contributed by atoms with E-state index in [4.69, 9.17) is 9.47 Å². The van der Waals surface area contributed by atoms with Crippen molar-refractivity contribution >= 4 is 35.8 Å². The smallest absolute Gasteiger partial charge is 0.251 e. The van der Waals surface area contributed by atoms with Crippen LogP contribution in [0.3, 0.4) is 0 Å². The monoisotopic (exact) mass is 506 g/mol. The van der Waals surface area contributed by atoms with E-state index in [1.54, 1.807) is 31.4 Å². The highest BCUT2D eigenvalue weighted by Gasteiger charge is 2.05. The number of guanidine groups is 1. The summed E-state index contributed by atoms with van der Waals surface area (Å²) >= 11 is 0. The van der Waals surface area contributed by atoms with Gasteiger partial charge in [-0.2, -0.15) is 0 Å². The van der Waals surface area contributed by atoms with Crippen molar-refractivity contribution in [3.05, 3.63) is 29.8 Å². The van der Waals surface area contributed by atoms with Crippen molar-refractivity contribution < 1.29 is 14.3 Å². The van der Waals surface area contributed by atoms with Crippen molar-refractivity contribution in [3.8, 4) is 5.75 Å². The van der Waals surface area contributed by atoms with E-state index >= 15 is 0 Å². The molecule has 160 valence electrons. The van der Waals surface area contributed by atoms with Gasteiger partial charge in [0.1, 0.15) is 5.75 Å². The summed E-state index contributed by atoms with van der Waals surface area (Å²) in [6, 6.07) is 7.03. The molecule has 0 saturated carbocycles. The van der Waals surface area contributed by atoms with Crippen LogP contribution in [-0.2, 0) is 4.74 Å². The van der Waals surface area contributed by atoms with Gasteiger partial charge in [-0.1, -0.05) is 13.8 Å². The molecule has 3 N–H and O–H groups in total. The Balaban J connectivity index is 0.00000729. The number of rotatable bonds is 12. The third-order valence-corrected chi connectivity index (χ3v) is 3.74. The van der Waals surface area contributed by atoms with E-state index < -0.39 is 0 Å². The Bertz CT molecular complexity index is 565. The summed E-state index contributed by atoms with van der Waals surface area (Å²) < 4.78 is 10.7. The number of methoxy groups -OCH3 is 1. The fourth-order valence-corrected chi connectivity index (χ4v) is 2.19. The second kappa shape index (κ2) is 16.4. The van der Waals surface area contributed by atoms with Gasteiger partial charge in [-0.3, -0.25) is 9.79 Å². The van der Waals surface area contributed by atoms with Gasteiger partial charge < -0.3 is 25.4 Å². The Morgan fingerprint density at radius 2 is 1.75 bits per heavy atom. The molecule has 28 heavy (non-hydrogen) atoms. The molecule has 0 radical (unpaired) electrons. The van der Waals surface area contributed by atoms with Gasteiger partial charge in [0.2, 0.25) is 0 Å². The van der Waals surface area contributed by atoms with Crippen molar-refractivity contribution in [2.75, 3.05) is 46.5 Å². The predicted molar refractivity (Wildman–Crippen MR) is 125 cm³/mol. The Kier molecular flexibility index (Phi) is 15.5. The van der Waals surface area contributed by atoms with E-state index in [2.05, 4.69) is 34.8 Å². The number of hydrogen-bond donors (Lipinski definition) is 3. The van der Waals surface area contributed by atoms with Crippen LogP contribution < -0.4 is 20.7 Å². The number of nitrogens with zero attached hydrogens (tertiary/aromatic N) is 1. The highest BCUT2D eigenvalue weighted by atomic mass is 127. The molecule has 1 amide bonds. The molecule has 0 aromatic heterocycles. The fraction of sp³-hybridized carbons (Fsp3) is 0.600. The van der Waals surface area contributed by atoms with Gasteiger partial charge in [0.15, 0.2) is 5.96 Å². The Morgan fingerprint density at radius 3 is 2.36 bits per heavy atom. The standard InChI is InChI=1S/C20H34N4O3.HI/c1-5-21-20(24-13-15-27-14-10-16(2)3)23-12-11-22-19(25)17-6-8-18(26-4)9-7-17;/h6-9,16H,5,10-15H2,1-4H3,(H,22,25)(H2,21,23,24);1H. The molecule has 0 aliphatic rings. The number of hydrogen-bond acceptors (Lipinski definition) is 4. The predicted octanol–water partition coefficient (Wildman–Crippen LogP) is 2.66. The number of benzene rings is 1. The molecule has 0 saturated heterocycles. The summed E-state index contributed by atoms with van der Waals surface area (Å²) in [5.41, 5.74) is 0.606. The first-order chi connectivity index (χ1) is 13.1. The molecule has 0 aliphatic carbocycles. The first-order valence-corrected chi connectivity index (χ1v) is 9.59. The number of carbonyl (C=O) groups is 1. The summed E-state index contributed by atoms with van der Waals surface area (Å²) in [6.45, 7) is 10.2. The molecule has 0 bridgehead atoms. The van der Waals surface area contributed by atoms with Crippen LogP contribution in [0, 0.1) is 5.92 Å². The molecule has 0 heterocycles. The maximum atomic E-state index is 12.1. The van der Waals surface area contributed by atoms with E-state index in [1.807, 2.05) is 6.92 Å². The van der Waals surface area contributed by atoms with Gasteiger partial charge in [-0.25, -0.2) is 0 Å². The molecule has 8 heteroatoms. The third kappa shape index (κ3) is 12.0. The second-order valence-electron chi connectivity index (χ2n) is 6.47. The van der Waals surface area contributed by atoms with E-state index in [-0.39, 0.29) is 29.9 Å². The minimum absolute atomic E-state index is 0. The number of amides is 1.